The summed E-state index contributed by atoms with van der Waals surface area (Å²) < 4.78 is 5.85. The van der Waals surface area contributed by atoms with E-state index in [1.165, 1.54) is 0 Å². The third-order valence-electron chi connectivity index (χ3n) is 5.09. The normalized spacial score (nSPS) is 15.4. The minimum absolute atomic E-state index is 0.0907. The van der Waals surface area contributed by atoms with E-state index in [9.17, 15) is 9.59 Å². The minimum atomic E-state index is -0.758. The summed E-state index contributed by atoms with van der Waals surface area (Å²) in [6.07, 6.45) is -0.758. The molecule has 1 heterocycles. The van der Waals surface area contributed by atoms with Gasteiger partial charge in [-0.1, -0.05) is 72.8 Å². The summed E-state index contributed by atoms with van der Waals surface area (Å²) in [5, 5.41) is 2.62. The molecule has 1 aliphatic heterocycles. The lowest BCUT2D eigenvalue weighted by molar-refractivity contribution is -0.128. The number of benzene rings is 3. The van der Waals surface area contributed by atoms with E-state index in [-0.39, 0.29) is 18.4 Å². The van der Waals surface area contributed by atoms with Gasteiger partial charge in [0.15, 0.2) is 6.10 Å². The van der Waals surface area contributed by atoms with Gasteiger partial charge in [0.1, 0.15) is 5.75 Å². The van der Waals surface area contributed by atoms with Crippen molar-refractivity contribution < 1.29 is 14.3 Å². The lowest BCUT2D eigenvalue weighted by Crippen LogP contribution is -2.51. The summed E-state index contributed by atoms with van der Waals surface area (Å²) in [6, 6.07) is 26.7. The predicted molar refractivity (Wildman–Crippen MR) is 112 cm³/mol. The number of carbonyl (C=O) groups is 2. The van der Waals surface area contributed by atoms with Gasteiger partial charge < -0.3 is 15.0 Å². The summed E-state index contributed by atoms with van der Waals surface area (Å²) >= 11 is 0. The van der Waals surface area contributed by atoms with Crippen molar-refractivity contribution in [1.82, 2.24) is 5.32 Å². The molecule has 3 aromatic rings. The second-order valence-corrected chi connectivity index (χ2v) is 6.89. The Morgan fingerprint density at radius 2 is 1.45 bits per heavy atom. The van der Waals surface area contributed by atoms with E-state index >= 15 is 0 Å². The van der Waals surface area contributed by atoms with Crippen LogP contribution in [0.2, 0.25) is 0 Å². The van der Waals surface area contributed by atoms with Crippen molar-refractivity contribution in [2.45, 2.75) is 12.0 Å². The molecular formula is C24H22N2O3. The second kappa shape index (κ2) is 8.19. The zero-order valence-corrected chi connectivity index (χ0v) is 16.1. The van der Waals surface area contributed by atoms with Crippen LogP contribution in [0.3, 0.4) is 0 Å². The Morgan fingerprint density at radius 3 is 2.03 bits per heavy atom. The summed E-state index contributed by atoms with van der Waals surface area (Å²) in [5.74, 6) is -0.296. The van der Waals surface area contributed by atoms with E-state index < -0.39 is 12.0 Å². The Balaban J connectivity index is 1.78. The summed E-state index contributed by atoms with van der Waals surface area (Å²) in [5.41, 5.74) is 2.49. The van der Waals surface area contributed by atoms with Gasteiger partial charge in [0.2, 0.25) is 5.91 Å². The Labute approximate surface area is 169 Å². The molecule has 0 saturated carbocycles. The Kier molecular flexibility index (Phi) is 5.29. The van der Waals surface area contributed by atoms with Gasteiger partial charge in [-0.3, -0.25) is 9.59 Å². The topological polar surface area (TPSA) is 58.6 Å². The fourth-order valence-corrected chi connectivity index (χ4v) is 3.67. The lowest BCUT2D eigenvalue weighted by Gasteiger charge is -2.36. The van der Waals surface area contributed by atoms with Crippen molar-refractivity contribution in [3.05, 3.63) is 96.1 Å². The molecule has 29 heavy (non-hydrogen) atoms. The number of amides is 2. The number of fused-ring (bicyclic) bond motifs is 1. The average Bonchev–Trinajstić information content (AvgIpc) is 2.79. The van der Waals surface area contributed by atoms with Crippen molar-refractivity contribution in [2.24, 2.45) is 0 Å². The van der Waals surface area contributed by atoms with Crippen LogP contribution in [0.25, 0.3) is 0 Å². The summed E-state index contributed by atoms with van der Waals surface area (Å²) in [6.45, 7) is 0.158. The van der Waals surface area contributed by atoms with Crippen molar-refractivity contribution in [2.75, 3.05) is 18.5 Å². The summed E-state index contributed by atoms with van der Waals surface area (Å²) in [4.78, 5) is 27.8. The van der Waals surface area contributed by atoms with Gasteiger partial charge >= 0.3 is 0 Å². The first-order valence-electron chi connectivity index (χ1n) is 9.57. The number of anilines is 1. The quantitative estimate of drug-likeness (QED) is 0.748. The highest BCUT2D eigenvalue weighted by molar-refractivity contribution is 6.02. The fourth-order valence-electron chi connectivity index (χ4n) is 3.67. The van der Waals surface area contributed by atoms with Crippen LogP contribution < -0.4 is 15.0 Å². The summed E-state index contributed by atoms with van der Waals surface area (Å²) in [7, 11) is 1.56. The van der Waals surface area contributed by atoms with Gasteiger partial charge in [-0.05, 0) is 23.3 Å². The molecule has 3 aromatic carbocycles. The van der Waals surface area contributed by atoms with E-state index in [0.717, 1.165) is 11.1 Å². The van der Waals surface area contributed by atoms with E-state index in [4.69, 9.17) is 4.74 Å². The maximum Gasteiger partial charge on any atom is 0.262 e. The SMILES string of the molecule is CNC(=O)C1CN(C(=O)C(c2ccccc2)c2ccccc2)c2ccccc2O1. The van der Waals surface area contributed by atoms with Crippen LogP contribution in [0.5, 0.6) is 5.75 Å². The van der Waals surface area contributed by atoms with Crippen LogP contribution >= 0.6 is 0 Å². The van der Waals surface area contributed by atoms with E-state index in [1.54, 1.807) is 18.0 Å². The third kappa shape index (κ3) is 3.72. The number of nitrogens with zero attached hydrogens (tertiary/aromatic N) is 1. The molecule has 0 aliphatic carbocycles. The number of ether oxygens (including phenoxy) is 1. The monoisotopic (exact) mass is 386 g/mol. The van der Waals surface area contributed by atoms with Crippen molar-refractivity contribution >= 4 is 17.5 Å². The number of nitrogens with one attached hydrogen (secondary N) is 1. The van der Waals surface area contributed by atoms with Crippen LogP contribution in [0.4, 0.5) is 5.69 Å². The third-order valence-corrected chi connectivity index (χ3v) is 5.09. The Morgan fingerprint density at radius 1 is 0.897 bits per heavy atom. The van der Waals surface area contributed by atoms with Crippen LogP contribution in [0, 0.1) is 0 Å². The average molecular weight is 386 g/mol. The number of carbonyl (C=O) groups excluding carboxylic acids is 2. The van der Waals surface area contributed by atoms with Crippen LogP contribution in [0.1, 0.15) is 17.0 Å². The highest BCUT2D eigenvalue weighted by atomic mass is 16.5. The molecule has 0 aromatic heterocycles. The molecule has 2 amide bonds. The first-order chi connectivity index (χ1) is 14.2. The van der Waals surface area contributed by atoms with Crippen LogP contribution in [-0.4, -0.2) is 31.5 Å². The van der Waals surface area contributed by atoms with Crippen LogP contribution in [-0.2, 0) is 9.59 Å². The van der Waals surface area contributed by atoms with Gasteiger partial charge in [-0.15, -0.1) is 0 Å². The molecule has 5 nitrogen and oxygen atoms in total. The molecule has 5 heteroatoms. The molecule has 0 radical (unpaired) electrons. The van der Waals surface area contributed by atoms with E-state index in [0.29, 0.717) is 11.4 Å². The zero-order chi connectivity index (χ0) is 20.2. The van der Waals surface area contributed by atoms with Gasteiger partial charge in [-0.25, -0.2) is 0 Å². The molecule has 0 spiro atoms. The molecule has 146 valence electrons. The van der Waals surface area contributed by atoms with Gasteiger partial charge in [0, 0.05) is 7.05 Å². The van der Waals surface area contributed by atoms with Crippen molar-refractivity contribution in [1.29, 1.82) is 0 Å². The molecule has 0 saturated heterocycles. The lowest BCUT2D eigenvalue weighted by atomic mass is 9.89. The smallest absolute Gasteiger partial charge is 0.262 e. The fraction of sp³-hybridized carbons (Fsp3) is 0.167. The highest BCUT2D eigenvalue weighted by Crippen LogP contribution is 2.37. The second-order valence-electron chi connectivity index (χ2n) is 6.89. The maximum atomic E-state index is 13.9. The first kappa shape index (κ1) is 18.7. The largest absolute Gasteiger partial charge is 0.477 e. The molecule has 1 aliphatic rings. The van der Waals surface area contributed by atoms with E-state index in [2.05, 4.69) is 5.32 Å². The first-order valence-corrected chi connectivity index (χ1v) is 9.57. The maximum absolute atomic E-state index is 13.9. The zero-order valence-electron chi connectivity index (χ0n) is 16.1. The highest BCUT2D eigenvalue weighted by Gasteiger charge is 2.37. The number of para-hydroxylation sites is 2. The Hall–Kier alpha value is -3.60. The number of hydrogen-bond acceptors (Lipinski definition) is 3. The van der Waals surface area contributed by atoms with Gasteiger partial charge in [0.05, 0.1) is 18.2 Å². The molecule has 1 N–H and O–H groups in total. The Bertz CT molecular complexity index is 965. The molecule has 0 bridgehead atoms. The van der Waals surface area contributed by atoms with Crippen molar-refractivity contribution in [3.8, 4) is 5.75 Å². The van der Waals surface area contributed by atoms with Gasteiger partial charge in [-0.2, -0.15) is 0 Å². The molecular weight excluding hydrogens is 364 g/mol. The number of likely N-dealkylation sites (N-methyl/N-ethyl adjacent to an activating group) is 1. The molecule has 1 unspecified atom stereocenters. The molecule has 4 rings (SSSR count). The van der Waals surface area contributed by atoms with Crippen LogP contribution in [0.15, 0.2) is 84.9 Å². The van der Waals surface area contributed by atoms with Crippen molar-refractivity contribution in [3.63, 3.8) is 0 Å². The number of hydrogen-bond donors (Lipinski definition) is 1. The predicted octanol–water partition coefficient (Wildman–Crippen LogP) is 3.36. The molecule has 0 fully saturated rings. The number of rotatable bonds is 4. The minimum Gasteiger partial charge on any atom is -0.477 e. The van der Waals surface area contributed by atoms with E-state index in [1.807, 2.05) is 78.9 Å². The van der Waals surface area contributed by atoms with Gasteiger partial charge in [0.25, 0.3) is 5.91 Å². The molecule has 1 atom stereocenters. The standard InChI is InChI=1S/C24H22N2O3/c1-25-23(27)21-16-26(19-14-8-9-15-20(19)29-21)24(28)22(17-10-4-2-5-11-17)18-12-6-3-7-13-18/h2-15,21-22H,16H2,1H3,(H,25,27).